The minimum absolute atomic E-state index is 0.0753. The van der Waals surface area contributed by atoms with Crippen molar-refractivity contribution in [3.05, 3.63) is 84.7 Å². The van der Waals surface area contributed by atoms with Crippen molar-refractivity contribution in [2.24, 2.45) is 5.73 Å². The molecule has 1 fully saturated rings. The number of aromatic nitrogens is 3. The van der Waals surface area contributed by atoms with Crippen LogP contribution in [-0.4, -0.2) is 44.4 Å². The van der Waals surface area contributed by atoms with E-state index in [1.54, 1.807) is 9.42 Å². The molecule has 166 valence electrons. The van der Waals surface area contributed by atoms with Gasteiger partial charge in [0.1, 0.15) is 28.4 Å². The second kappa shape index (κ2) is 8.31. The van der Waals surface area contributed by atoms with Crippen molar-refractivity contribution in [1.29, 1.82) is 0 Å². The minimum atomic E-state index is -0.562. The molecule has 0 radical (unpaired) electrons. The van der Waals surface area contributed by atoms with Crippen LogP contribution in [0.3, 0.4) is 0 Å². The van der Waals surface area contributed by atoms with E-state index in [-0.39, 0.29) is 11.8 Å². The summed E-state index contributed by atoms with van der Waals surface area (Å²) in [7, 11) is 0. The second-order valence-corrected chi connectivity index (χ2v) is 8.00. The number of likely N-dealkylation sites (tertiary alicyclic amines) is 1. The number of rotatable bonds is 6. The molecule has 5 rings (SSSR count). The fourth-order valence-corrected chi connectivity index (χ4v) is 4.24. The van der Waals surface area contributed by atoms with E-state index in [9.17, 15) is 9.59 Å². The Bertz CT molecular complexity index is 1340. The van der Waals surface area contributed by atoms with Gasteiger partial charge < -0.3 is 20.4 Å². The van der Waals surface area contributed by atoms with Crippen molar-refractivity contribution < 1.29 is 14.3 Å². The first-order valence-corrected chi connectivity index (χ1v) is 10.7. The van der Waals surface area contributed by atoms with Crippen LogP contribution in [-0.2, 0) is 4.79 Å². The number of nitrogens with zero attached hydrogens (tertiary/aromatic N) is 3. The average molecular weight is 441 g/mol. The van der Waals surface area contributed by atoms with E-state index in [1.807, 2.05) is 60.8 Å². The van der Waals surface area contributed by atoms with Crippen molar-refractivity contribution >= 4 is 17.5 Å². The third-order valence-corrected chi connectivity index (χ3v) is 5.90. The molecule has 1 aliphatic heterocycles. The zero-order chi connectivity index (χ0) is 22.9. The molecule has 2 aromatic carbocycles. The predicted molar refractivity (Wildman–Crippen MR) is 124 cm³/mol. The number of nitrogens with one attached hydrogen (secondary N) is 1. The van der Waals surface area contributed by atoms with Crippen LogP contribution in [0.25, 0.3) is 16.9 Å². The molecule has 0 aliphatic carbocycles. The number of aromatic amines is 1. The highest BCUT2D eigenvalue weighted by Gasteiger charge is 2.29. The summed E-state index contributed by atoms with van der Waals surface area (Å²) >= 11 is 0. The van der Waals surface area contributed by atoms with E-state index in [1.165, 1.54) is 6.08 Å². The summed E-state index contributed by atoms with van der Waals surface area (Å²) in [6, 6.07) is 16.9. The van der Waals surface area contributed by atoms with Gasteiger partial charge in [-0.3, -0.25) is 9.59 Å². The number of para-hydroxylation sites is 1. The number of ether oxygens (including phenoxy) is 1. The lowest BCUT2D eigenvalue weighted by molar-refractivity contribution is -0.125. The second-order valence-electron chi connectivity index (χ2n) is 8.00. The summed E-state index contributed by atoms with van der Waals surface area (Å²) in [5.74, 6) is 0.916. The highest BCUT2D eigenvalue weighted by molar-refractivity contribution is 6.04. The summed E-state index contributed by atoms with van der Waals surface area (Å²) in [5, 5.41) is 4.63. The molecule has 1 unspecified atom stereocenters. The molecule has 1 aliphatic rings. The fourth-order valence-electron chi connectivity index (χ4n) is 4.24. The first-order chi connectivity index (χ1) is 16.0. The van der Waals surface area contributed by atoms with Crippen LogP contribution < -0.4 is 10.5 Å². The Morgan fingerprint density at radius 1 is 1.12 bits per heavy atom. The quantitative estimate of drug-likeness (QED) is 0.445. The monoisotopic (exact) mass is 441 g/mol. The molecule has 33 heavy (non-hydrogen) atoms. The third kappa shape index (κ3) is 3.87. The molecule has 3 heterocycles. The largest absolute Gasteiger partial charge is 0.457 e. The number of hydrogen-bond acceptors (Lipinski definition) is 4. The molecule has 4 aromatic rings. The Hall–Kier alpha value is -4.33. The maximum Gasteiger partial charge on any atom is 0.254 e. The van der Waals surface area contributed by atoms with Crippen LogP contribution in [0.2, 0.25) is 0 Å². The van der Waals surface area contributed by atoms with Crippen LogP contribution >= 0.6 is 0 Å². The maximum atomic E-state index is 12.3. The van der Waals surface area contributed by atoms with Crippen LogP contribution in [0.4, 0.5) is 0 Å². The standard InChI is InChI=1S/C25H23N5O3/c1-2-21(31)29-13-12-17(14-29)20-15-30-25(27-20)22(24(26)32)23(28-30)16-8-10-19(11-9-16)33-18-6-4-3-5-7-18/h2-11,15,17,27H,1,12-14H2,(H2,26,32). The molecular formula is C25H23N5O3. The summed E-state index contributed by atoms with van der Waals surface area (Å²) in [6.45, 7) is 4.82. The van der Waals surface area contributed by atoms with Gasteiger partial charge in [0, 0.05) is 30.3 Å². The van der Waals surface area contributed by atoms with E-state index in [0.29, 0.717) is 35.7 Å². The van der Waals surface area contributed by atoms with Crippen molar-refractivity contribution in [3.63, 3.8) is 0 Å². The highest BCUT2D eigenvalue weighted by atomic mass is 16.5. The van der Waals surface area contributed by atoms with Gasteiger partial charge >= 0.3 is 0 Å². The zero-order valence-corrected chi connectivity index (χ0v) is 17.9. The average Bonchev–Trinajstić information content (AvgIpc) is 3.54. The third-order valence-electron chi connectivity index (χ3n) is 5.90. The van der Waals surface area contributed by atoms with Crippen LogP contribution in [0.15, 0.2) is 73.4 Å². The van der Waals surface area contributed by atoms with Gasteiger partial charge in [-0.25, -0.2) is 4.52 Å². The lowest BCUT2D eigenvalue weighted by Gasteiger charge is -2.13. The van der Waals surface area contributed by atoms with Gasteiger partial charge in [0.15, 0.2) is 0 Å². The molecule has 2 amide bonds. The van der Waals surface area contributed by atoms with Crippen LogP contribution in [0, 0.1) is 0 Å². The smallest absolute Gasteiger partial charge is 0.254 e. The number of hydrogen-bond donors (Lipinski definition) is 2. The maximum absolute atomic E-state index is 12.3. The lowest BCUT2D eigenvalue weighted by atomic mass is 10.1. The van der Waals surface area contributed by atoms with E-state index in [2.05, 4.69) is 16.7 Å². The van der Waals surface area contributed by atoms with Crippen LogP contribution in [0.1, 0.15) is 28.4 Å². The van der Waals surface area contributed by atoms with Gasteiger partial charge in [-0.1, -0.05) is 24.8 Å². The Labute approximate surface area is 190 Å². The normalized spacial score (nSPS) is 15.6. The van der Waals surface area contributed by atoms with Crippen LogP contribution in [0.5, 0.6) is 11.5 Å². The number of nitrogens with two attached hydrogens (primary N) is 1. The fraction of sp³-hybridized carbons (Fsp3) is 0.160. The van der Waals surface area contributed by atoms with E-state index < -0.39 is 5.91 Å². The molecule has 1 saturated heterocycles. The molecule has 2 aromatic heterocycles. The van der Waals surface area contributed by atoms with Gasteiger partial charge in [-0.05, 0) is 48.9 Å². The van der Waals surface area contributed by atoms with Crippen molar-refractivity contribution in [2.45, 2.75) is 12.3 Å². The molecule has 0 saturated carbocycles. The lowest BCUT2D eigenvalue weighted by Crippen LogP contribution is -2.26. The summed E-state index contributed by atoms with van der Waals surface area (Å²) in [6.07, 6.45) is 4.02. The van der Waals surface area contributed by atoms with Crippen molar-refractivity contribution in [3.8, 4) is 22.8 Å². The Balaban J connectivity index is 1.43. The molecular weight excluding hydrogens is 418 g/mol. The number of imidazole rings is 1. The van der Waals surface area contributed by atoms with E-state index in [4.69, 9.17) is 10.5 Å². The Morgan fingerprint density at radius 2 is 1.85 bits per heavy atom. The highest BCUT2D eigenvalue weighted by Crippen LogP contribution is 2.32. The van der Waals surface area contributed by atoms with Crippen molar-refractivity contribution in [2.75, 3.05) is 13.1 Å². The van der Waals surface area contributed by atoms with E-state index >= 15 is 0 Å². The Morgan fingerprint density at radius 3 is 2.55 bits per heavy atom. The number of fused-ring (bicyclic) bond motifs is 1. The molecule has 8 heteroatoms. The van der Waals surface area contributed by atoms with Gasteiger partial charge in [-0.15, -0.1) is 0 Å². The van der Waals surface area contributed by atoms with Crippen molar-refractivity contribution in [1.82, 2.24) is 19.5 Å². The first kappa shape index (κ1) is 20.6. The zero-order valence-electron chi connectivity index (χ0n) is 17.9. The first-order valence-electron chi connectivity index (χ1n) is 10.7. The number of amides is 2. The SMILES string of the molecule is C=CC(=O)N1CCC(c2cn3nc(-c4ccc(Oc5ccccc5)cc4)c(C(N)=O)c3[nH]2)C1. The number of carbonyl (C=O) groups is 2. The number of H-pyrrole nitrogens is 1. The predicted octanol–water partition coefficient (Wildman–Crippen LogP) is 3.72. The summed E-state index contributed by atoms with van der Waals surface area (Å²) in [4.78, 5) is 29.3. The molecule has 1 atom stereocenters. The molecule has 3 N–H and O–H groups in total. The van der Waals surface area contributed by atoms with Gasteiger partial charge in [-0.2, -0.15) is 5.10 Å². The van der Waals surface area contributed by atoms with E-state index in [0.717, 1.165) is 23.4 Å². The number of primary amides is 1. The summed E-state index contributed by atoms with van der Waals surface area (Å²) < 4.78 is 7.49. The Kier molecular flexibility index (Phi) is 5.18. The molecule has 8 nitrogen and oxygen atoms in total. The molecule has 0 spiro atoms. The molecule has 0 bridgehead atoms. The van der Waals surface area contributed by atoms with Gasteiger partial charge in [0.25, 0.3) is 5.91 Å². The van der Waals surface area contributed by atoms with Gasteiger partial charge in [0.05, 0.1) is 6.20 Å². The summed E-state index contributed by atoms with van der Waals surface area (Å²) in [5.41, 5.74) is 8.78. The number of carbonyl (C=O) groups excluding carboxylic acids is 2. The minimum Gasteiger partial charge on any atom is -0.457 e. The topological polar surface area (TPSA) is 106 Å². The number of benzene rings is 2. The van der Waals surface area contributed by atoms with Gasteiger partial charge in [0.2, 0.25) is 5.91 Å².